The molecule has 2 saturated heterocycles. The predicted molar refractivity (Wildman–Crippen MR) is 142 cm³/mol. The molecule has 1 amide bonds. The molecule has 0 radical (unpaired) electrons. The van der Waals surface area contributed by atoms with Crippen LogP contribution in [0.5, 0.6) is 11.5 Å². The van der Waals surface area contributed by atoms with E-state index in [2.05, 4.69) is 25.4 Å². The molecule has 1 aromatic carbocycles. The van der Waals surface area contributed by atoms with Crippen molar-refractivity contribution in [3.63, 3.8) is 0 Å². The van der Waals surface area contributed by atoms with E-state index in [1.165, 1.54) is 6.26 Å². The summed E-state index contributed by atoms with van der Waals surface area (Å²) in [5.74, 6) is 1.77. The average molecular weight is 550 g/mol. The largest absolute Gasteiger partial charge is 0.493 e. The van der Waals surface area contributed by atoms with Gasteiger partial charge < -0.3 is 28.5 Å². The van der Waals surface area contributed by atoms with Gasteiger partial charge in [-0.25, -0.2) is 4.68 Å². The molecule has 2 aliphatic heterocycles. The van der Waals surface area contributed by atoms with Crippen LogP contribution >= 0.6 is 0 Å². The number of tetrazole rings is 1. The molecule has 40 heavy (non-hydrogen) atoms. The Kier molecular flexibility index (Phi) is 7.22. The summed E-state index contributed by atoms with van der Waals surface area (Å²) in [6.45, 7) is 3.14. The minimum Gasteiger partial charge on any atom is -0.493 e. The Labute approximate surface area is 229 Å². The van der Waals surface area contributed by atoms with E-state index in [1.54, 1.807) is 42.0 Å². The number of pyridine rings is 1. The van der Waals surface area contributed by atoms with Gasteiger partial charge in [0.2, 0.25) is 0 Å². The molecule has 13 heteroatoms. The number of H-pyrrole nitrogens is 1. The maximum absolute atomic E-state index is 13.6. The lowest BCUT2D eigenvalue weighted by Crippen LogP contribution is -2.50. The van der Waals surface area contributed by atoms with Gasteiger partial charge in [-0.15, -0.1) is 5.10 Å². The van der Waals surface area contributed by atoms with Gasteiger partial charge in [-0.2, -0.15) is 0 Å². The Bertz CT molecular complexity index is 1530. The number of furan rings is 1. The van der Waals surface area contributed by atoms with Gasteiger partial charge in [0.25, 0.3) is 11.5 Å². The Morgan fingerprint density at radius 1 is 1.15 bits per heavy atom. The fourth-order valence-corrected chi connectivity index (χ4v) is 5.51. The van der Waals surface area contributed by atoms with Crippen molar-refractivity contribution in [2.24, 2.45) is 0 Å². The molecule has 2 fully saturated rings. The number of methoxy groups -OCH3 is 2. The number of carbonyl (C=O) groups is 1. The highest BCUT2D eigenvalue weighted by atomic mass is 16.5. The van der Waals surface area contributed by atoms with Crippen LogP contribution in [0.3, 0.4) is 0 Å². The Morgan fingerprint density at radius 3 is 2.65 bits per heavy atom. The van der Waals surface area contributed by atoms with Gasteiger partial charge in [-0.05, 0) is 47.5 Å². The van der Waals surface area contributed by atoms with E-state index < -0.39 is 6.04 Å². The Morgan fingerprint density at radius 2 is 1.95 bits per heavy atom. The highest BCUT2D eigenvalue weighted by Crippen LogP contribution is 2.33. The standard InChI is InChI=1S/C27H31N7O6/c1-37-22-14-17-13-19(26(35)28-20(17)15-23(22)38-2)24(25-29-30-31-34(25)16-18-5-3-11-39-18)32-7-9-33(10-8-32)27(36)21-6-4-12-40-21/h4,6,12-15,18,24H,3,5,7-11,16H2,1-2H3,(H,28,35). The molecule has 5 heterocycles. The molecule has 210 valence electrons. The highest BCUT2D eigenvalue weighted by molar-refractivity contribution is 5.91. The zero-order chi connectivity index (χ0) is 27.6. The number of rotatable bonds is 8. The molecule has 0 saturated carbocycles. The van der Waals surface area contributed by atoms with E-state index in [9.17, 15) is 9.59 Å². The summed E-state index contributed by atoms with van der Waals surface area (Å²) in [5, 5.41) is 13.4. The quantitative estimate of drug-likeness (QED) is 0.346. The van der Waals surface area contributed by atoms with Gasteiger partial charge >= 0.3 is 0 Å². The lowest BCUT2D eigenvalue weighted by molar-refractivity contribution is 0.0550. The van der Waals surface area contributed by atoms with Crippen LogP contribution in [0.4, 0.5) is 0 Å². The third kappa shape index (κ3) is 4.93. The van der Waals surface area contributed by atoms with Gasteiger partial charge in [0.15, 0.2) is 23.1 Å². The summed E-state index contributed by atoms with van der Waals surface area (Å²) in [6.07, 6.45) is 3.42. The molecule has 0 spiro atoms. The van der Waals surface area contributed by atoms with E-state index in [-0.39, 0.29) is 17.6 Å². The van der Waals surface area contributed by atoms with Gasteiger partial charge in [0.1, 0.15) is 6.04 Å². The van der Waals surface area contributed by atoms with Crippen LogP contribution in [0.25, 0.3) is 10.9 Å². The molecular weight excluding hydrogens is 518 g/mol. The zero-order valence-electron chi connectivity index (χ0n) is 22.4. The molecular formula is C27H31N7O6. The van der Waals surface area contributed by atoms with Crippen molar-refractivity contribution in [2.45, 2.75) is 31.5 Å². The number of piperazine rings is 1. The fourth-order valence-electron chi connectivity index (χ4n) is 5.51. The number of ether oxygens (including phenoxy) is 3. The second-order valence-corrected chi connectivity index (χ2v) is 9.91. The maximum atomic E-state index is 13.6. The second kappa shape index (κ2) is 11.1. The minimum atomic E-state index is -0.557. The van der Waals surface area contributed by atoms with Gasteiger partial charge in [-0.1, -0.05) is 0 Å². The van der Waals surface area contributed by atoms with Crippen LogP contribution in [-0.4, -0.2) is 94.0 Å². The predicted octanol–water partition coefficient (Wildman–Crippen LogP) is 1.85. The third-order valence-corrected chi connectivity index (χ3v) is 7.58. The average Bonchev–Trinajstić information content (AvgIpc) is 3.77. The summed E-state index contributed by atoms with van der Waals surface area (Å²) in [4.78, 5) is 33.4. The van der Waals surface area contributed by atoms with Gasteiger partial charge in [0.05, 0.1) is 38.6 Å². The number of nitrogens with zero attached hydrogens (tertiary/aromatic N) is 6. The van der Waals surface area contributed by atoms with Crippen molar-refractivity contribution in [1.82, 2.24) is 35.0 Å². The Hall–Kier alpha value is -4.23. The first-order chi connectivity index (χ1) is 19.6. The van der Waals surface area contributed by atoms with E-state index >= 15 is 0 Å². The third-order valence-electron chi connectivity index (χ3n) is 7.58. The number of hydrogen-bond acceptors (Lipinski definition) is 10. The summed E-state index contributed by atoms with van der Waals surface area (Å²) >= 11 is 0. The maximum Gasteiger partial charge on any atom is 0.289 e. The lowest BCUT2D eigenvalue weighted by atomic mass is 10.0. The van der Waals surface area contributed by atoms with E-state index in [0.29, 0.717) is 73.5 Å². The topological polar surface area (TPSA) is 141 Å². The monoisotopic (exact) mass is 549 g/mol. The fraction of sp³-hybridized carbons (Fsp3) is 0.444. The molecule has 13 nitrogen and oxygen atoms in total. The van der Waals surface area contributed by atoms with Crippen molar-refractivity contribution in [1.29, 1.82) is 0 Å². The molecule has 2 aliphatic rings. The number of benzene rings is 1. The second-order valence-electron chi connectivity index (χ2n) is 9.91. The van der Waals surface area contributed by atoms with Crippen LogP contribution in [0.2, 0.25) is 0 Å². The number of nitrogens with one attached hydrogen (secondary N) is 1. The SMILES string of the molecule is COc1cc2cc(C(c3nnnn3CC3CCCO3)N3CCN(C(=O)c4ccco4)CC3)c(=O)[nH]c2cc1OC. The molecule has 4 aromatic rings. The smallest absolute Gasteiger partial charge is 0.289 e. The molecule has 2 atom stereocenters. The first kappa shape index (κ1) is 26.0. The normalized spacial score (nSPS) is 18.8. The van der Waals surface area contributed by atoms with Crippen LogP contribution in [0.1, 0.15) is 40.8 Å². The zero-order valence-corrected chi connectivity index (χ0v) is 22.4. The van der Waals surface area contributed by atoms with Crippen LogP contribution in [0.15, 0.2) is 45.8 Å². The minimum absolute atomic E-state index is 0.0114. The Balaban J connectivity index is 1.37. The first-order valence-electron chi connectivity index (χ1n) is 13.3. The summed E-state index contributed by atoms with van der Waals surface area (Å²) in [5.41, 5.74) is 0.859. The summed E-state index contributed by atoms with van der Waals surface area (Å²) in [6, 6.07) is 8.23. The summed E-state index contributed by atoms with van der Waals surface area (Å²) in [7, 11) is 3.12. The van der Waals surface area contributed by atoms with Crippen LogP contribution < -0.4 is 15.0 Å². The molecule has 6 rings (SSSR count). The number of carbonyl (C=O) groups excluding carboxylic acids is 1. The van der Waals surface area contributed by atoms with E-state index in [1.807, 2.05) is 12.1 Å². The van der Waals surface area contributed by atoms with E-state index in [0.717, 1.165) is 18.2 Å². The van der Waals surface area contributed by atoms with Crippen LogP contribution in [-0.2, 0) is 11.3 Å². The van der Waals surface area contributed by atoms with Crippen molar-refractivity contribution in [3.05, 3.63) is 64.1 Å². The molecule has 3 aromatic heterocycles. The van der Waals surface area contributed by atoms with Crippen LogP contribution in [0, 0.1) is 0 Å². The van der Waals surface area contributed by atoms with Crippen molar-refractivity contribution < 1.29 is 23.4 Å². The van der Waals surface area contributed by atoms with Gasteiger partial charge in [-0.3, -0.25) is 14.5 Å². The highest BCUT2D eigenvalue weighted by Gasteiger charge is 2.35. The summed E-state index contributed by atoms with van der Waals surface area (Å²) < 4.78 is 23.8. The van der Waals surface area contributed by atoms with Crippen molar-refractivity contribution in [3.8, 4) is 11.5 Å². The number of fused-ring (bicyclic) bond motifs is 1. The first-order valence-corrected chi connectivity index (χ1v) is 13.3. The number of hydrogen-bond donors (Lipinski definition) is 1. The molecule has 2 unspecified atom stereocenters. The van der Waals surface area contributed by atoms with E-state index in [4.69, 9.17) is 18.6 Å². The number of aromatic nitrogens is 5. The molecule has 0 aliphatic carbocycles. The van der Waals surface area contributed by atoms with Crippen molar-refractivity contribution in [2.75, 3.05) is 47.0 Å². The molecule has 1 N–H and O–H groups in total. The van der Waals surface area contributed by atoms with Gasteiger partial charge in [0, 0.05) is 49.8 Å². The number of amides is 1. The lowest BCUT2D eigenvalue weighted by Gasteiger charge is -2.38. The molecule has 0 bridgehead atoms. The van der Waals surface area contributed by atoms with Crippen molar-refractivity contribution >= 4 is 16.8 Å². The number of aromatic amines is 1.